The standard InChI is InChI=1S/C19H27F3N4O.HI/c1-2-23-19(25-13-8-10-26(11-9-13)14-6-7-14)24-12-15-16(20)4-3-5-17(15)27-18(21)22;/h3-5,13-14,18H,2,6-12H2,1H3,(H2,23,24,25);1H. The van der Waals surface area contributed by atoms with Crippen molar-refractivity contribution in [3.05, 3.63) is 29.6 Å². The van der Waals surface area contributed by atoms with Gasteiger partial charge in [-0.2, -0.15) is 8.78 Å². The first kappa shape index (κ1) is 23.1. The van der Waals surface area contributed by atoms with E-state index in [4.69, 9.17) is 0 Å². The second kappa shape index (κ2) is 11.1. The largest absolute Gasteiger partial charge is 0.434 e. The number of halogens is 4. The Balaban J connectivity index is 0.00000280. The van der Waals surface area contributed by atoms with E-state index in [1.165, 1.54) is 31.0 Å². The van der Waals surface area contributed by atoms with Crippen LogP contribution in [-0.2, 0) is 6.54 Å². The lowest BCUT2D eigenvalue weighted by atomic mass is 10.1. The molecule has 0 unspecified atom stereocenters. The van der Waals surface area contributed by atoms with Crippen molar-refractivity contribution < 1.29 is 17.9 Å². The number of guanidine groups is 1. The summed E-state index contributed by atoms with van der Waals surface area (Å²) in [6.45, 7) is 1.66. The molecular weight excluding hydrogens is 484 g/mol. The zero-order valence-corrected chi connectivity index (χ0v) is 18.3. The van der Waals surface area contributed by atoms with Gasteiger partial charge in [0.1, 0.15) is 11.6 Å². The molecule has 1 heterocycles. The molecule has 28 heavy (non-hydrogen) atoms. The Bertz CT molecular complexity index is 650. The van der Waals surface area contributed by atoms with Crippen LogP contribution in [0.3, 0.4) is 0 Å². The molecule has 5 nitrogen and oxygen atoms in total. The Kier molecular flexibility index (Phi) is 9.13. The molecule has 2 N–H and O–H groups in total. The monoisotopic (exact) mass is 512 g/mol. The maximum absolute atomic E-state index is 14.1. The van der Waals surface area contributed by atoms with E-state index in [1.807, 2.05) is 6.92 Å². The van der Waals surface area contributed by atoms with E-state index in [0.29, 0.717) is 18.5 Å². The summed E-state index contributed by atoms with van der Waals surface area (Å²) in [5.41, 5.74) is 0.0264. The van der Waals surface area contributed by atoms with Crippen LogP contribution >= 0.6 is 24.0 Å². The minimum atomic E-state index is -3.00. The molecule has 1 aliphatic heterocycles. The predicted molar refractivity (Wildman–Crippen MR) is 114 cm³/mol. The van der Waals surface area contributed by atoms with Gasteiger partial charge in [-0.3, -0.25) is 0 Å². The van der Waals surface area contributed by atoms with Gasteiger partial charge in [-0.05, 0) is 44.7 Å². The first-order valence-corrected chi connectivity index (χ1v) is 9.58. The molecule has 2 fully saturated rings. The summed E-state index contributed by atoms with van der Waals surface area (Å²) in [7, 11) is 0. The molecular formula is C19H28F3IN4O. The zero-order chi connectivity index (χ0) is 19.2. The van der Waals surface area contributed by atoms with Crippen molar-refractivity contribution in [1.82, 2.24) is 15.5 Å². The number of likely N-dealkylation sites (tertiary alicyclic amines) is 1. The van der Waals surface area contributed by atoms with Crippen LogP contribution in [0.4, 0.5) is 13.2 Å². The lowest BCUT2D eigenvalue weighted by Gasteiger charge is -2.33. The molecule has 0 atom stereocenters. The van der Waals surface area contributed by atoms with Crippen molar-refractivity contribution in [3.8, 4) is 5.75 Å². The molecule has 2 aliphatic rings. The minimum absolute atomic E-state index is 0. The maximum atomic E-state index is 14.1. The van der Waals surface area contributed by atoms with E-state index < -0.39 is 12.4 Å². The molecule has 0 bridgehead atoms. The van der Waals surface area contributed by atoms with Gasteiger partial charge in [-0.15, -0.1) is 24.0 Å². The van der Waals surface area contributed by atoms with Crippen LogP contribution in [0.2, 0.25) is 0 Å². The van der Waals surface area contributed by atoms with Crippen LogP contribution in [0, 0.1) is 5.82 Å². The quantitative estimate of drug-likeness (QED) is 0.332. The highest BCUT2D eigenvalue weighted by molar-refractivity contribution is 14.0. The van der Waals surface area contributed by atoms with E-state index >= 15 is 0 Å². The molecule has 0 amide bonds. The third kappa shape index (κ3) is 6.68. The third-order valence-corrected chi connectivity index (χ3v) is 4.97. The fourth-order valence-electron chi connectivity index (χ4n) is 3.42. The van der Waals surface area contributed by atoms with Crippen molar-refractivity contribution in [2.75, 3.05) is 19.6 Å². The van der Waals surface area contributed by atoms with Gasteiger partial charge in [-0.25, -0.2) is 9.38 Å². The summed E-state index contributed by atoms with van der Waals surface area (Å²) in [6, 6.07) is 4.97. The van der Waals surface area contributed by atoms with Crippen molar-refractivity contribution in [2.24, 2.45) is 4.99 Å². The lowest BCUT2D eigenvalue weighted by molar-refractivity contribution is -0.0506. The lowest BCUT2D eigenvalue weighted by Crippen LogP contribution is -2.49. The molecule has 1 aliphatic carbocycles. The summed E-state index contributed by atoms with van der Waals surface area (Å²) in [5.74, 6) is -0.221. The fourth-order valence-corrected chi connectivity index (χ4v) is 3.42. The number of piperidine rings is 1. The van der Waals surface area contributed by atoms with Gasteiger partial charge >= 0.3 is 6.61 Å². The van der Waals surface area contributed by atoms with Crippen LogP contribution in [0.1, 0.15) is 38.2 Å². The van der Waals surface area contributed by atoms with E-state index in [9.17, 15) is 13.2 Å². The number of hydrogen-bond acceptors (Lipinski definition) is 3. The van der Waals surface area contributed by atoms with Gasteiger partial charge in [0.15, 0.2) is 5.96 Å². The van der Waals surface area contributed by atoms with Gasteiger partial charge in [-0.1, -0.05) is 6.07 Å². The van der Waals surface area contributed by atoms with Crippen LogP contribution < -0.4 is 15.4 Å². The summed E-state index contributed by atoms with van der Waals surface area (Å²) < 4.78 is 43.6. The number of hydrogen-bond donors (Lipinski definition) is 2. The Labute approximate surface area is 181 Å². The van der Waals surface area contributed by atoms with Gasteiger partial charge in [0.2, 0.25) is 0 Å². The molecule has 9 heteroatoms. The van der Waals surface area contributed by atoms with E-state index in [0.717, 1.165) is 32.0 Å². The number of aliphatic imine (C=N–C) groups is 1. The van der Waals surface area contributed by atoms with Crippen molar-refractivity contribution in [3.63, 3.8) is 0 Å². The van der Waals surface area contributed by atoms with Gasteiger partial charge in [0.05, 0.1) is 12.1 Å². The second-order valence-corrected chi connectivity index (χ2v) is 6.98. The summed E-state index contributed by atoms with van der Waals surface area (Å²) in [4.78, 5) is 6.93. The number of ether oxygens (including phenoxy) is 1. The molecule has 1 aromatic carbocycles. The number of benzene rings is 1. The molecule has 0 spiro atoms. The highest BCUT2D eigenvalue weighted by Gasteiger charge is 2.31. The number of alkyl halides is 2. The summed E-state index contributed by atoms with van der Waals surface area (Å²) >= 11 is 0. The Morgan fingerprint density at radius 2 is 1.96 bits per heavy atom. The fraction of sp³-hybridized carbons (Fsp3) is 0.632. The Hall–Kier alpha value is -1.23. The smallest absolute Gasteiger partial charge is 0.387 e. The third-order valence-electron chi connectivity index (χ3n) is 4.97. The van der Waals surface area contributed by atoms with E-state index in [2.05, 4.69) is 25.3 Å². The van der Waals surface area contributed by atoms with E-state index in [-0.39, 0.29) is 41.8 Å². The normalized spacial score (nSPS) is 18.7. The van der Waals surface area contributed by atoms with Crippen LogP contribution in [-0.4, -0.2) is 49.2 Å². The predicted octanol–water partition coefficient (Wildman–Crippen LogP) is 3.73. The summed E-state index contributed by atoms with van der Waals surface area (Å²) in [5, 5.41) is 6.53. The van der Waals surface area contributed by atoms with Crippen LogP contribution in [0.25, 0.3) is 0 Å². The molecule has 158 valence electrons. The number of nitrogens with one attached hydrogen (secondary N) is 2. The van der Waals surface area contributed by atoms with Crippen LogP contribution in [0.15, 0.2) is 23.2 Å². The van der Waals surface area contributed by atoms with Crippen molar-refractivity contribution in [2.45, 2.75) is 57.8 Å². The molecule has 1 aromatic rings. The maximum Gasteiger partial charge on any atom is 0.387 e. The highest BCUT2D eigenvalue weighted by atomic mass is 127. The number of nitrogens with zero attached hydrogens (tertiary/aromatic N) is 2. The molecule has 1 saturated carbocycles. The van der Waals surface area contributed by atoms with E-state index in [1.54, 1.807) is 0 Å². The van der Waals surface area contributed by atoms with Crippen molar-refractivity contribution in [1.29, 1.82) is 0 Å². The summed E-state index contributed by atoms with van der Waals surface area (Å²) in [6.07, 6.45) is 4.68. The minimum Gasteiger partial charge on any atom is -0.434 e. The van der Waals surface area contributed by atoms with Crippen molar-refractivity contribution >= 4 is 29.9 Å². The first-order chi connectivity index (χ1) is 13.1. The first-order valence-electron chi connectivity index (χ1n) is 9.58. The molecule has 0 aromatic heterocycles. The van der Waals surface area contributed by atoms with Gasteiger partial charge in [0, 0.05) is 31.7 Å². The topological polar surface area (TPSA) is 48.9 Å². The Morgan fingerprint density at radius 1 is 1.25 bits per heavy atom. The number of rotatable bonds is 7. The second-order valence-electron chi connectivity index (χ2n) is 6.98. The zero-order valence-electron chi connectivity index (χ0n) is 16.0. The van der Waals surface area contributed by atoms with Gasteiger partial charge < -0.3 is 20.3 Å². The molecule has 3 rings (SSSR count). The average Bonchev–Trinajstić information content (AvgIpc) is 3.46. The highest BCUT2D eigenvalue weighted by Crippen LogP contribution is 2.29. The molecule has 1 saturated heterocycles. The Morgan fingerprint density at radius 3 is 2.57 bits per heavy atom. The van der Waals surface area contributed by atoms with Gasteiger partial charge in [0.25, 0.3) is 0 Å². The van der Waals surface area contributed by atoms with Crippen LogP contribution in [0.5, 0.6) is 5.75 Å². The SMILES string of the molecule is CCNC(=NCc1c(F)cccc1OC(F)F)NC1CCN(C2CC2)CC1.I. The molecule has 0 radical (unpaired) electrons. The average molecular weight is 512 g/mol.